The fraction of sp³-hybridized carbons (Fsp3) is 0.357. The van der Waals surface area contributed by atoms with Crippen molar-refractivity contribution in [3.05, 3.63) is 34.9 Å². The lowest BCUT2D eigenvalue weighted by Crippen LogP contribution is -2.41. The highest BCUT2D eigenvalue weighted by molar-refractivity contribution is 5.97. The molecule has 0 bridgehead atoms. The van der Waals surface area contributed by atoms with Crippen LogP contribution in [0.4, 0.5) is 0 Å². The van der Waals surface area contributed by atoms with Crippen molar-refractivity contribution in [3.63, 3.8) is 0 Å². The van der Waals surface area contributed by atoms with Gasteiger partial charge in [-0.2, -0.15) is 0 Å². The topological polar surface area (TPSA) is 87.3 Å². The van der Waals surface area contributed by atoms with E-state index in [0.717, 1.165) is 11.1 Å². The molecule has 0 fully saturated rings. The van der Waals surface area contributed by atoms with Crippen LogP contribution in [0.3, 0.4) is 0 Å². The molecule has 0 aliphatic carbocycles. The molecule has 0 atom stereocenters. The minimum absolute atomic E-state index is 0.102. The van der Waals surface area contributed by atoms with Gasteiger partial charge in [-0.05, 0) is 37.1 Å². The number of carbonyl (C=O) groups is 3. The number of carbonyl (C=O) groups excluding carboxylic acids is 3. The van der Waals surface area contributed by atoms with Gasteiger partial charge >= 0.3 is 0 Å². The minimum Gasteiger partial charge on any atom is -0.358 e. The molecular weight excluding hydrogens is 258 g/mol. The highest BCUT2D eigenvalue weighted by Crippen LogP contribution is 2.09. The summed E-state index contributed by atoms with van der Waals surface area (Å²) in [7, 11) is 1.48. The van der Waals surface area contributed by atoms with Gasteiger partial charge in [0, 0.05) is 12.6 Å². The maximum atomic E-state index is 11.8. The second-order valence-electron chi connectivity index (χ2n) is 4.43. The number of amides is 3. The highest BCUT2D eigenvalue weighted by Gasteiger charge is 2.09. The third-order valence-electron chi connectivity index (χ3n) is 2.90. The zero-order valence-electron chi connectivity index (χ0n) is 11.9. The summed E-state index contributed by atoms with van der Waals surface area (Å²) in [5, 5.41) is 7.28. The molecule has 1 aromatic carbocycles. The molecular formula is C14H19N3O3. The van der Waals surface area contributed by atoms with Crippen molar-refractivity contribution in [1.82, 2.24) is 16.0 Å². The van der Waals surface area contributed by atoms with Gasteiger partial charge in [0.05, 0.1) is 13.1 Å². The van der Waals surface area contributed by atoms with Gasteiger partial charge in [0.25, 0.3) is 5.91 Å². The number of nitrogens with one attached hydrogen (secondary N) is 3. The summed E-state index contributed by atoms with van der Waals surface area (Å²) in [4.78, 5) is 34.2. The smallest absolute Gasteiger partial charge is 0.251 e. The van der Waals surface area contributed by atoms with Crippen LogP contribution in [0.2, 0.25) is 0 Å². The van der Waals surface area contributed by atoms with Crippen molar-refractivity contribution in [2.75, 3.05) is 20.1 Å². The molecule has 1 rings (SSSR count). The normalized spacial score (nSPS) is 9.75. The lowest BCUT2D eigenvalue weighted by molar-refractivity contribution is -0.125. The third-order valence-corrected chi connectivity index (χ3v) is 2.90. The maximum Gasteiger partial charge on any atom is 0.251 e. The number of hydrogen-bond donors (Lipinski definition) is 3. The Morgan fingerprint density at radius 1 is 0.950 bits per heavy atom. The van der Waals surface area contributed by atoms with E-state index in [2.05, 4.69) is 16.0 Å². The number of likely N-dealkylation sites (N-methyl/N-ethyl adjacent to an activating group) is 1. The molecule has 0 radical (unpaired) electrons. The van der Waals surface area contributed by atoms with E-state index in [-0.39, 0.29) is 24.9 Å². The van der Waals surface area contributed by atoms with Crippen LogP contribution < -0.4 is 16.0 Å². The molecule has 0 heterocycles. The van der Waals surface area contributed by atoms with Crippen molar-refractivity contribution < 1.29 is 14.4 Å². The Balaban J connectivity index is 2.44. The van der Waals surface area contributed by atoms with Gasteiger partial charge in [-0.25, -0.2) is 0 Å². The van der Waals surface area contributed by atoms with Crippen molar-refractivity contribution >= 4 is 17.7 Å². The van der Waals surface area contributed by atoms with Crippen LogP contribution in [-0.4, -0.2) is 37.9 Å². The van der Waals surface area contributed by atoms with Gasteiger partial charge in [0.1, 0.15) is 0 Å². The first kappa shape index (κ1) is 15.7. The fourth-order valence-electron chi connectivity index (χ4n) is 1.48. The van der Waals surface area contributed by atoms with Crippen LogP contribution in [0.5, 0.6) is 0 Å². The predicted molar refractivity (Wildman–Crippen MR) is 75.3 cm³/mol. The average molecular weight is 277 g/mol. The van der Waals surface area contributed by atoms with Crippen LogP contribution in [0.15, 0.2) is 18.2 Å². The van der Waals surface area contributed by atoms with E-state index in [1.54, 1.807) is 12.1 Å². The van der Waals surface area contributed by atoms with Gasteiger partial charge in [0.2, 0.25) is 11.8 Å². The van der Waals surface area contributed by atoms with Gasteiger partial charge in [-0.1, -0.05) is 6.07 Å². The van der Waals surface area contributed by atoms with E-state index in [4.69, 9.17) is 0 Å². The monoisotopic (exact) mass is 277 g/mol. The van der Waals surface area contributed by atoms with Crippen molar-refractivity contribution in [2.45, 2.75) is 13.8 Å². The Morgan fingerprint density at radius 2 is 1.60 bits per heavy atom. The van der Waals surface area contributed by atoms with Crippen molar-refractivity contribution in [1.29, 1.82) is 0 Å². The van der Waals surface area contributed by atoms with E-state index in [9.17, 15) is 14.4 Å². The average Bonchev–Trinajstić information content (AvgIpc) is 2.44. The zero-order valence-corrected chi connectivity index (χ0v) is 11.9. The number of hydrogen-bond acceptors (Lipinski definition) is 3. The van der Waals surface area contributed by atoms with Gasteiger partial charge in [0.15, 0.2) is 0 Å². The molecule has 0 aliphatic heterocycles. The lowest BCUT2D eigenvalue weighted by atomic mass is 10.1. The molecule has 0 spiro atoms. The summed E-state index contributed by atoms with van der Waals surface area (Å²) in [5.74, 6) is -1.02. The second-order valence-corrected chi connectivity index (χ2v) is 4.43. The number of benzene rings is 1. The van der Waals surface area contributed by atoms with Gasteiger partial charge in [-0.3, -0.25) is 14.4 Å². The Morgan fingerprint density at radius 3 is 2.20 bits per heavy atom. The Hall–Kier alpha value is -2.37. The molecule has 6 heteroatoms. The summed E-state index contributed by atoms with van der Waals surface area (Å²) >= 11 is 0. The largest absolute Gasteiger partial charge is 0.358 e. The molecule has 3 N–H and O–H groups in total. The summed E-state index contributed by atoms with van der Waals surface area (Å²) < 4.78 is 0. The fourth-order valence-corrected chi connectivity index (χ4v) is 1.48. The molecule has 0 aromatic heterocycles. The van der Waals surface area contributed by atoms with Gasteiger partial charge < -0.3 is 16.0 Å². The minimum atomic E-state index is -0.411. The molecule has 1 aromatic rings. The van der Waals surface area contributed by atoms with Crippen LogP contribution in [0.1, 0.15) is 21.5 Å². The van der Waals surface area contributed by atoms with Crippen LogP contribution >= 0.6 is 0 Å². The molecule has 0 saturated heterocycles. The Bertz CT molecular complexity index is 526. The summed E-state index contributed by atoms with van der Waals surface area (Å²) in [6, 6.07) is 5.34. The maximum absolute atomic E-state index is 11.8. The molecule has 0 saturated carbocycles. The summed E-state index contributed by atoms with van der Waals surface area (Å²) in [6.07, 6.45) is 0. The molecule has 0 unspecified atom stereocenters. The first-order valence-corrected chi connectivity index (χ1v) is 6.26. The molecule has 108 valence electrons. The Kier molecular flexibility index (Phi) is 5.71. The van der Waals surface area contributed by atoms with E-state index in [0.29, 0.717) is 5.56 Å². The first-order valence-electron chi connectivity index (χ1n) is 6.26. The number of aryl methyl sites for hydroxylation is 2. The predicted octanol–water partition coefficient (Wildman–Crippen LogP) is -0.105. The van der Waals surface area contributed by atoms with Crippen LogP contribution in [0, 0.1) is 13.8 Å². The highest BCUT2D eigenvalue weighted by atomic mass is 16.2. The zero-order chi connectivity index (χ0) is 15.1. The third kappa shape index (κ3) is 4.72. The molecule has 20 heavy (non-hydrogen) atoms. The van der Waals surface area contributed by atoms with E-state index in [1.165, 1.54) is 7.05 Å². The van der Waals surface area contributed by atoms with Gasteiger partial charge in [-0.15, -0.1) is 0 Å². The molecule has 3 amide bonds. The second kappa shape index (κ2) is 7.28. The van der Waals surface area contributed by atoms with E-state index >= 15 is 0 Å². The standard InChI is InChI=1S/C14H19N3O3/c1-9-4-5-11(6-10(9)2)14(20)17-8-13(19)16-7-12(18)15-3/h4-6H,7-8H2,1-3H3,(H,15,18)(H,16,19)(H,17,20). The molecule has 6 nitrogen and oxygen atoms in total. The number of rotatable bonds is 5. The van der Waals surface area contributed by atoms with E-state index < -0.39 is 5.91 Å². The van der Waals surface area contributed by atoms with Crippen molar-refractivity contribution in [2.24, 2.45) is 0 Å². The quantitative estimate of drug-likeness (QED) is 0.702. The lowest BCUT2D eigenvalue weighted by Gasteiger charge is -2.07. The molecule has 0 aliphatic rings. The summed E-state index contributed by atoms with van der Waals surface area (Å²) in [5.41, 5.74) is 2.62. The van der Waals surface area contributed by atoms with Crippen LogP contribution in [0.25, 0.3) is 0 Å². The first-order chi connectivity index (χ1) is 9.43. The van der Waals surface area contributed by atoms with Crippen molar-refractivity contribution in [3.8, 4) is 0 Å². The van der Waals surface area contributed by atoms with E-state index in [1.807, 2.05) is 19.9 Å². The Labute approximate surface area is 117 Å². The van der Waals surface area contributed by atoms with Crippen LogP contribution in [-0.2, 0) is 9.59 Å². The SMILES string of the molecule is CNC(=O)CNC(=O)CNC(=O)c1ccc(C)c(C)c1. The summed E-state index contributed by atoms with van der Waals surface area (Å²) in [6.45, 7) is 3.61.